The number of fused-ring (bicyclic) bond motifs is 1. The van der Waals surface area contributed by atoms with Crippen molar-refractivity contribution in [2.45, 2.75) is 12.2 Å². The van der Waals surface area contributed by atoms with Gasteiger partial charge in [-0.25, -0.2) is 9.78 Å². The standard InChI is InChI=1S/C21H15F3N4OS/c22-21(23,24)19-8-7-18(30-19)13-3-1-12(2-4-13)17-10-25-20(29)28(17)14-5-6-15-16(9-14)27-11-26-15/h1-9,11,17H,10H2,(H,25,29)(H,26,27)/t17-/m1/s1. The molecule has 1 aliphatic heterocycles. The number of aromatic nitrogens is 2. The fourth-order valence-corrected chi connectivity index (χ4v) is 4.53. The van der Waals surface area contributed by atoms with Crippen LogP contribution in [0.25, 0.3) is 21.5 Å². The third kappa shape index (κ3) is 3.21. The summed E-state index contributed by atoms with van der Waals surface area (Å²) in [5.74, 6) is 0. The number of rotatable bonds is 3. The van der Waals surface area contributed by atoms with Crippen molar-refractivity contribution < 1.29 is 18.0 Å². The summed E-state index contributed by atoms with van der Waals surface area (Å²) in [4.78, 5) is 21.4. The highest BCUT2D eigenvalue weighted by Crippen LogP contribution is 2.39. The van der Waals surface area contributed by atoms with Gasteiger partial charge >= 0.3 is 12.2 Å². The number of carbonyl (C=O) groups excluding carboxylic acids is 1. The summed E-state index contributed by atoms with van der Waals surface area (Å²) in [7, 11) is 0. The lowest BCUT2D eigenvalue weighted by molar-refractivity contribution is -0.134. The SMILES string of the molecule is O=C1NC[C@H](c2ccc(-c3ccc(C(F)(F)F)s3)cc2)N1c1ccc2nc[nH]c2c1. The van der Waals surface area contributed by atoms with E-state index in [1.165, 1.54) is 6.07 Å². The lowest BCUT2D eigenvalue weighted by Crippen LogP contribution is -2.29. The number of nitrogens with one attached hydrogen (secondary N) is 2. The quantitative estimate of drug-likeness (QED) is 0.447. The molecule has 5 rings (SSSR count). The number of thiophene rings is 1. The number of nitrogens with zero attached hydrogens (tertiary/aromatic N) is 2. The van der Waals surface area contributed by atoms with Gasteiger partial charge in [0.05, 0.1) is 23.4 Å². The minimum Gasteiger partial charge on any atom is -0.345 e. The first kappa shape index (κ1) is 18.7. The molecule has 0 aliphatic carbocycles. The second-order valence-electron chi connectivity index (χ2n) is 6.96. The Bertz CT molecular complexity index is 1230. The average molecular weight is 428 g/mol. The Hall–Kier alpha value is -3.33. The molecule has 0 spiro atoms. The maximum absolute atomic E-state index is 12.9. The Balaban J connectivity index is 1.44. The summed E-state index contributed by atoms with van der Waals surface area (Å²) < 4.78 is 38.6. The number of urea groups is 1. The van der Waals surface area contributed by atoms with Crippen LogP contribution in [0, 0.1) is 0 Å². The average Bonchev–Trinajstić information content (AvgIpc) is 3.46. The van der Waals surface area contributed by atoms with E-state index in [0.717, 1.165) is 39.7 Å². The number of benzene rings is 2. The van der Waals surface area contributed by atoms with Crippen LogP contribution in [0.2, 0.25) is 0 Å². The maximum Gasteiger partial charge on any atom is 0.425 e. The van der Waals surface area contributed by atoms with E-state index >= 15 is 0 Å². The van der Waals surface area contributed by atoms with Crippen LogP contribution in [-0.4, -0.2) is 22.5 Å². The molecule has 152 valence electrons. The number of hydrogen-bond donors (Lipinski definition) is 2. The van der Waals surface area contributed by atoms with E-state index in [0.29, 0.717) is 17.0 Å². The van der Waals surface area contributed by atoms with Crippen LogP contribution in [0.5, 0.6) is 0 Å². The highest BCUT2D eigenvalue weighted by atomic mass is 32.1. The molecule has 0 radical (unpaired) electrons. The number of halogens is 3. The molecule has 0 saturated carbocycles. The van der Waals surface area contributed by atoms with Crippen LogP contribution < -0.4 is 10.2 Å². The number of alkyl halides is 3. The van der Waals surface area contributed by atoms with Crippen molar-refractivity contribution in [3.63, 3.8) is 0 Å². The summed E-state index contributed by atoms with van der Waals surface area (Å²) in [5.41, 5.74) is 3.99. The predicted molar refractivity (Wildman–Crippen MR) is 109 cm³/mol. The van der Waals surface area contributed by atoms with Gasteiger partial charge in [-0.1, -0.05) is 24.3 Å². The first-order valence-electron chi connectivity index (χ1n) is 9.18. The van der Waals surface area contributed by atoms with Crippen LogP contribution in [-0.2, 0) is 6.18 Å². The zero-order chi connectivity index (χ0) is 20.9. The number of aromatic amines is 1. The normalized spacial score (nSPS) is 17.0. The molecule has 30 heavy (non-hydrogen) atoms. The highest BCUT2D eigenvalue weighted by molar-refractivity contribution is 7.15. The summed E-state index contributed by atoms with van der Waals surface area (Å²) in [6.07, 6.45) is -2.74. The third-order valence-electron chi connectivity index (χ3n) is 5.12. The van der Waals surface area contributed by atoms with E-state index in [-0.39, 0.29) is 12.1 Å². The summed E-state index contributed by atoms with van der Waals surface area (Å²) in [6, 6.07) is 15.0. The fourth-order valence-electron chi connectivity index (χ4n) is 3.65. The van der Waals surface area contributed by atoms with E-state index in [1.54, 1.807) is 23.4 Å². The van der Waals surface area contributed by atoms with Crippen LogP contribution >= 0.6 is 11.3 Å². The lowest BCUT2D eigenvalue weighted by atomic mass is 10.0. The molecule has 9 heteroatoms. The second-order valence-corrected chi connectivity index (χ2v) is 8.04. The molecule has 2 N–H and O–H groups in total. The molecule has 1 aliphatic rings. The molecule has 0 unspecified atom stereocenters. The maximum atomic E-state index is 12.9. The molecule has 2 aromatic carbocycles. The molecule has 3 heterocycles. The molecule has 1 atom stereocenters. The van der Waals surface area contributed by atoms with Crippen LogP contribution in [0.4, 0.5) is 23.7 Å². The zero-order valence-electron chi connectivity index (χ0n) is 15.4. The number of anilines is 1. The van der Waals surface area contributed by atoms with E-state index in [1.807, 2.05) is 30.3 Å². The molecular weight excluding hydrogens is 413 g/mol. The Morgan fingerprint density at radius 2 is 1.87 bits per heavy atom. The number of H-pyrrole nitrogens is 1. The Morgan fingerprint density at radius 3 is 2.60 bits per heavy atom. The highest BCUT2D eigenvalue weighted by Gasteiger charge is 2.34. The lowest BCUT2D eigenvalue weighted by Gasteiger charge is -2.23. The van der Waals surface area contributed by atoms with Crippen molar-refractivity contribution >= 4 is 34.1 Å². The molecule has 1 fully saturated rings. The van der Waals surface area contributed by atoms with Gasteiger partial charge in [0.1, 0.15) is 4.88 Å². The molecule has 5 nitrogen and oxygen atoms in total. The van der Waals surface area contributed by atoms with Gasteiger partial charge in [0.25, 0.3) is 0 Å². The number of carbonyl (C=O) groups is 1. The van der Waals surface area contributed by atoms with Gasteiger partial charge in [0.15, 0.2) is 0 Å². The van der Waals surface area contributed by atoms with Crippen LogP contribution in [0.1, 0.15) is 16.5 Å². The fraction of sp³-hybridized carbons (Fsp3) is 0.143. The summed E-state index contributed by atoms with van der Waals surface area (Å²) >= 11 is 0.720. The Morgan fingerprint density at radius 1 is 1.07 bits per heavy atom. The van der Waals surface area contributed by atoms with Crippen molar-refractivity contribution in [2.75, 3.05) is 11.4 Å². The van der Waals surface area contributed by atoms with Crippen LogP contribution in [0.15, 0.2) is 60.9 Å². The molecule has 0 bridgehead atoms. The third-order valence-corrected chi connectivity index (χ3v) is 6.30. The van der Waals surface area contributed by atoms with E-state index < -0.39 is 11.1 Å². The van der Waals surface area contributed by atoms with Gasteiger partial charge in [-0.05, 0) is 41.5 Å². The van der Waals surface area contributed by atoms with Crippen molar-refractivity contribution in [1.29, 1.82) is 0 Å². The molecule has 2 amide bonds. The number of amides is 2. The van der Waals surface area contributed by atoms with Crippen molar-refractivity contribution in [2.24, 2.45) is 0 Å². The molecular formula is C21H15F3N4OS. The first-order valence-corrected chi connectivity index (χ1v) is 9.99. The Kier molecular flexibility index (Phi) is 4.28. The van der Waals surface area contributed by atoms with Crippen LogP contribution in [0.3, 0.4) is 0 Å². The monoisotopic (exact) mass is 428 g/mol. The summed E-state index contributed by atoms with van der Waals surface area (Å²) in [5, 5.41) is 2.86. The zero-order valence-corrected chi connectivity index (χ0v) is 16.2. The van der Waals surface area contributed by atoms with E-state index in [2.05, 4.69) is 15.3 Å². The van der Waals surface area contributed by atoms with Crippen molar-refractivity contribution in [3.8, 4) is 10.4 Å². The van der Waals surface area contributed by atoms with Gasteiger partial charge in [0.2, 0.25) is 0 Å². The predicted octanol–water partition coefficient (Wildman–Crippen LogP) is 5.58. The topological polar surface area (TPSA) is 61.0 Å². The van der Waals surface area contributed by atoms with Crippen molar-refractivity contribution in [1.82, 2.24) is 15.3 Å². The van der Waals surface area contributed by atoms with Gasteiger partial charge in [-0.2, -0.15) is 13.2 Å². The smallest absolute Gasteiger partial charge is 0.345 e. The second kappa shape index (κ2) is 6.88. The minimum atomic E-state index is -4.34. The van der Waals surface area contributed by atoms with Gasteiger partial charge in [-0.15, -0.1) is 11.3 Å². The largest absolute Gasteiger partial charge is 0.425 e. The summed E-state index contributed by atoms with van der Waals surface area (Å²) in [6.45, 7) is 0.441. The molecule has 4 aromatic rings. The first-order chi connectivity index (χ1) is 14.4. The van der Waals surface area contributed by atoms with Gasteiger partial charge < -0.3 is 10.3 Å². The van der Waals surface area contributed by atoms with Crippen molar-refractivity contribution in [3.05, 3.63) is 71.4 Å². The minimum absolute atomic E-state index is 0.198. The number of imidazole rings is 1. The van der Waals surface area contributed by atoms with Gasteiger partial charge in [0, 0.05) is 17.1 Å². The molecule has 1 saturated heterocycles. The number of hydrogen-bond acceptors (Lipinski definition) is 3. The van der Waals surface area contributed by atoms with E-state index in [4.69, 9.17) is 0 Å². The van der Waals surface area contributed by atoms with Gasteiger partial charge in [-0.3, -0.25) is 4.90 Å². The Labute approximate surface area is 173 Å². The van der Waals surface area contributed by atoms with E-state index in [9.17, 15) is 18.0 Å². The molecule has 2 aromatic heterocycles.